The lowest BCUT2D eigenvalue weighted by Crippen LogP contribution is -2.36. The van der Waals surface area contributed by atoms with Crippen molar-refractivity contribution in [1.29, 1.82) is 0 Å². The van der Waals surface area contributed by atoms with Crippen molar-refractivity contribution in [3.8, 4) is 0 Å². The van der Waals surface area contributed by atoms with Crippen LogP contribution in [-0.4, -0.2) is 25.3 Å². The number of nitrogens with one attached hydrogen (secondary N) is 1. The number of rotatable bonds is 3. The minimum Gasteiger partial charge on any atom is -0.381 e. The molecule has 88 valence electrons. The first-order valence-corrected chi connectivity index (χ1v) is 6.67. The van der Waals surface area contributed by atoms with E-state index in [0.717, 1.165) is 12.1 Å². The summed E-state index contributed by atoms with van der Waals surface area (Å²) in [5.41, 5.74) is 0. The molecule has 0 heterocycles. The van der Waals surface area contributed by atoms with Gasteiger partial charge in [0.15, 0.2) is 0 Å². The molecule has 0 saturated heterocycles. The van der Waals surface area contributed by atoms with E-state index in [1.165, 1.54) is 57.8 Å². The SMILES string of the molecule is COC1CCC(NC2CCCCCC2)C1. The molecule has 2 fully saturated rings. The van der Waals surface area contributed by atoms with E-state index in [9.17, 15) is 0 Å². The molecule has 2 aliphatic rings. The van der Waals surface area contributed by atoms with Crippen molar-refractivity contribution in [2.24, 2.45) is 0 Å². The van der Waals surface area contributed by atoms with Gasteiger partial charge in [-0.1, -0.05) is 25.7 Å². The summed E-state index contributed by atoms with van der Waals surface area (Å²) in [6.45, 7) is 0. The zero-order chi connectivity index (χ0) is 10.5. The van der Waals surface area contributed by atoms with Crippen molar-refractivity contribution in [3.05, 3.63) is 0 Å². The molecule has 2 rings (SSSR count). The van der Waals surface area contributed by atoms with Crippen LogP contribution in [0.15, 0.2) is 0 Å². The Hall–Kier alpha value is -0.0800. The Bertz CT molecular complexity index is 175. The molecule has 2 atom stereocenters. The Balaban J connectivity index is 1.71. The molecule has 0 spiro atoms. The van der Waals surface area contributed by atoms with Crippen molar-refractivity contribution in [3.63, 3.8) is 0 Å². The summed E-state index contributed by atoms with van der Waals surface area (Å²) in [6, 6.07) is 1.53. The van der Waals surface area contributed by atoms with E-state index in [4.69, 9.17) is 4.74 Å². The fourth-order valence-electron chi connectivity index (χ4n) is 3.08. The average Bonchev–Trinajstić information content (AvgIpc) is 2.54. The molecule has 2 saturated carbocycles. The monoisotopic (exact) mass is 211 g/mol. The summed E-state index contributed by atoms with van der Waals surface area (Å²) in [7, 11) is 1.85. The highest BCUT2D eigenvalue weighted by molar-refractivity contribution is 4.84. The molecule has 0 aromatic rings. The zero-order valence-electron chi connectivity index (χ0n) is 10.0. The largest absolute Gasteiger partial charge is 0.381 e. The minimum absolute atomic E-state index is 0.522. The van der Waals surface area contributed by atoms with E-state index in [0.29, 0.717) is 6.10 Å². The Morgan fingerprint density at radius 1 is 0.867 bits per heavy atom. The van der Waals surface area contributed by atoms with E-state index in [2.05, 4.69) is 5.32 Å². The Morgan fingerprint density at radius 2 is 1.60 bits per heavy atom. The van der Waals surface area contributed by atoms with Gasteiger partial charge in [-0.3, -0.25) is 0 Å². The first-order valence-electron chi connectivity index (χ1n) is 6.67. The van der Waals surface area contributed by atoms with Gasteiger partial charge in [-0.25, -0.2) is 0 Å². The van der Waals surface area contributed by atoms with Gasteiger partial charge in [-0.15, -0.1) is 0 Å². The van der Waals surface area contributed by atoms with Gasteiger partial charge in [-0.05, 0) is 32.1 Å². The molecule has 2 heteroatoms. The summed E-state index contributed by atoms with van der Waals surface area (Å²) in [5, 5.41) is 3.84. The minimum atomic E-state index is 0.522. The lowest BCUT2D eigenvalue weighted by molar-refractivity contribution is 0.106. The fourth-order valence-corrected chi connectivity index (χ4v) is 3.08. The normalized spacial score (nSPS) is 34.2. The number of methoxy groups -OCH3 is 1. The molecule has 2 aliphatic carbocycles. The van der Waals surface area contributed by atoms with Crippen LogP contribution in [0.25, 0.3) is 0 Å². The molecule has 0 aromatic heterocycles. The topological polar surface area (TPSA) is 21.3 Å². The predicted octanol–water partition coefficient (Wildman–Crippen LogP) is 2.87. The van der Waals surface area contributed by atoms with Gasteiger partial charge in [0.25, 0.3) is 0 Å². The van der Waals surface area contributed by atoms with E-state index >= 15 is 0 Å². The maximum atomic E-state index is 5.42. The molecule has 1 N–H and O–H groups in total. The predicted molar refractivity (Wildman–Crippen MR) is 63.1 cm³/mol. The highest BCUT2D eigenvalue weighted by Crippen LogP contribution is 2.24. The third-order valence-electron chi connectivity index (χ3n) is 4.04. The lowest BCUT2D eigenvalue weighted by Gasteiger charge is -2.21. The third kappa shape index (κ3) is 3.46. The van der Waals surface area contributed by atoms with Crippen molar-refractivity contribution in [2.45, 2.75) is 76.0 Å². The van der Waals surface area contributed by atoms with Gasteiger partial charge in [0.2, 0.25) is 0 Å². The lowest BCUT2D eigenvalue weighted by atomic mass is 10.1. The van der Waals surface area contributed by atoms with Crippen LogP contribution in [0.3, 0.4) is 0 Å². The molecule has 0 amide bonds. The van der Waals surface area contributed by atoms with Crippen LogP contribution in [-0.2, 0) is 4.74 Å². The number of ether oxygens (including phenoxy) is 1. The Labute approximate surface area is 93.8 Å². The van der Waals surface area contributed by atoms with E-state index in [1.54, 1.807) is 0 Å². The van der Waals surface area contributed by atoms with Crippen LogP contribution in [0.4, 0.5) is 0 Å². The highest BCUT2D eigenvalue weighted by atomic mass is 16.5. The van der Waals surface area contributed by atoms with Crippen LogP contribution in [0.2, 0.25) is 0 Å². The quantitative estimate of drug-likeness (QED) is 0.725. The van der Waals surface area contributed by atoms with Crippen molar-refractivity contribution >= 4 is 0 Å². The second-order valence-corrected chi connectivity index (χ2v) is 5.22. The first-order chi connectivity index (χ1) is 7.38. The maximum Gasteiger partial charge on any atom is 0.0586 e. The molecule has 2 unspecified atom stereocenters. The molecule has 15 heavy (non-hydrogen) atoms. The van der Waals surface area contributed by atoms with Gasteiger partial charge in [0, 0.05) is 19.2 Å². The molecule has 2 nitrogen and oxygen atoms in total. The Morgan fingerprint density at radius 3 is 2.20 bits per heavy atom. The molecule has 0 radical (unpaired) electrons. The van der Waals surface area contributed by atoms with Crippen molar-refractivity contribution in [1.82, 2.24) is 5.32 Å². The zero-order valence-corrected chi connectivity index (χ0v) is 10.0. The summed E-state index contributed by atoms with van der Waals surface area (Å²) >= 11 is 0. The van der Waals surface area contributed by atoms with Gasteiger partial charge < -0.3 is 10.1 Å². The van der Waals surface area contributed by atoms with Crippen LogP contribution in [0, 0.1) is 0 Å². The molecular weight excluding hydrogens is 186 g/mol. The third-order valence-corrected chi connectivity index (χ3v) is 4.04. The second-order valence-electron chi connectivity index (χ2n) is 5.22. The molecule has 0 aromatic carbocycles. The van der Waals surface area contributed by atoms with Crippen molar-refractivity contribution in [2.75, 3.05) is 7.11 Å². The van der Waals surface area contributed by atoms with Crippen LogP contribution in [0.1, 0.15) is 57.8 Å². The molecule has 0 bridgehead atoms. The van der Waals surface area contributed by atoms with E-state index in [-0.39, 0.29) is 0 Å². The Kier molecular flexibility index (Phi) is 4.45. The van der Waals surface area contributed by atoms with Crippen molar-refractivity contribution < 1.29 is 4.74 Å². The summed E-state index contributed by atoms with van der Waals surface area (Å²) < 4.78 is 5.42. The van der Waals surface area contributed by atoms with Crippen LogP contribution in [0.5, 0.6) is 0 Å². The van der Waals surface area contributed by atoms with Gasteiger partial charge in [0.05, 0.1) is 6.10 Å². The molecule has 0 aliphatic heterocycles. The molecular formula is C13H25NO. The smallest absolute Gasteiger partial charge is 0.0586 e. The average molecular weight is 211 g/mol. The second kappa shape index (κ2) is 5.86. The summed E-state index contributed by atoms with van der Waals surface area (Å²) in [6.07, 6.45) is 12.9. The van der Waals surface area contributed by atoms with E-state index in [1.807, 2.05) is 7.11 Å². The van der Waals surface area contributed by atoms with Gasteiger partial charge in [-0.2, -0.15) is 0 Å². The van der Waals surface area contributed by atoms with Crippen LogP contribution < -0.4 is 5.32 Å². The highest BCUT2D eigenvalue weighted by Gasteiger charge is 2.26. The van der Waals surface area contributed by atoms with E-state index < -0.39 is 0 Å². The summed E-state index contributed by atoms with van der Waals surface area (Å²) in [4.78, 5) is 0. The fraction of sp³-hybridized carbons (Fsp3) is 1.00. The number of hydrogen-bond donors (Lipinski definition) is 1. The first kappa shape index (κ1) is 11.4. The van der Waals surface area contributed by atoms with Gasteiger partial charge in [0.1, 0.15) is 0 Å². The summed E-state index contributed by atoms with van der Waals surface area (Å²) in [5.74, 6) is 0. The standard InChI is InChI=1S/C13H25NO/c1-15-13-9-8-12(10-13)14-11-6-4-2-3-5-7-11/h11-14H,2-10H2,1H3. The van der Waals surface area contributed by atoms with Gasteiger partial charge >= 0.3 is 0 Å². The van der Waals surface area contributed by atoms with Crippen LogP contribution >= 0.6 is 0 Å². The maximum absolute atomic E-state index is 5.42. The number of hydrogen-bond acceptors (Lipinski definition) is 2.